The smallest absolute Gasteiger partial charge is 0.306 e. The molecule has 0 heterocycles. The molecular formula is C31H60O2. The zero-order chi connectivity index (χ0) is 24.2. The van der Waals surface area contributed by atoms with Crippen LogP contribution in [0.5, 0.6) is 0 Å². The van der Waals surface area contributed by atoms with E-state index < -0.39 is 5.97 Å². The van der Waals surface area contributed by atoms with Crippen molar-refractivity contribution in [2.24, 2.45) is 5.92 Å². The second-order valence-corrected chi connectivity index (χ2v) is 10.4. The monoisotopic (exact) mass is 464 g/mol. The summed E-state index contributed by atoms with van der Waals surface area (Å²) in [4.78, 5) is 11.6. The summed E-state index contributed by atoms with van der Waals surface area (Å²) in [6, 6.07) is 0. The standard InChI is InChI=1S/C31H60O2/c1-3-5-7-9-11-13-14-15-16-17-18-19-21-23-25-27-29-30(31(32)33)28-26-24-22-20-12-10-8-6-4-2/h15-16,30H,3-14,17-29H2,1-2H3,(H,32,33)/b16-15-. The molecule has 0 saturated carbocycles. The highest BCUT2D eigenvalue weighted by atomic mass is 16.4. The number of rotatable bonds is 27. The fourth-order valence-corrected chi connectivity index (χ4v) is 4.73. The molecule has 0 spiro atoms. The molecule has 1 N–H and O–H groups in total. The number of carboxylic acids is 1. The molecule has 0 fully saturated rings. The number of unbranched alkanes of at least 4 members (excludes halogenated alkanes) is 20. The summed E-state index contributed by atoms with van der Waals surface area (Å²) in [6.45, 7) is 4.54. The van der Waals surface area contributed by atoms with Gasteiger partial charge in [-0.3, -0.25) is 4.79 Å². The van der Waals surface area contributed by atoms with Gasteiger partial charge in [0.1, 0.15) is 0 Å². The Morgan fingerprint density at radius 2 is 0.818 bits per heavy atom. The van der Waals surface area contributed by atoms with Crippen molar-refractivity contribution in [1.82, 2.24) is 0 Å². The van der Waals surface area contributed by atoms with Crippen molar-refractivity contribution in [1.29, 1.82) is 0 Å². The van der Waals surface area contributed by atoms with Crippen LogP contribution in [-0.4, -0.2) is 11.1 Å². The lowest BCUT2D eigenvalue weighted by Gasteiger charge is -2.12. The number of aliphatic carboxylic acids is 1. The van der Waals surface area contributed by atoms with Crippen LogP contribution in [0.4, 0.5) is 0 Å². The average Bonchev–Trinajstić information content (AvgIpc) is 2.81. The number of carboxylic acid groups (broad SMARTS) is 1. The highest BCUT2D eigenvalue weighted by molar-refractivity contribution is 5.69. The Balaban J connectivity index is 3.45. The van der Waals surface area contributed by atoms with E-state index in [2.05, 4.69) is 26.0 Å². The largest absolute Gasteiger partial charge is 0.481 e. The molecule has 0 aliphatic heterocycles. The summed E-state index contributed by atoms with van der Waals surface area (Å²) in [6.07, 6.45) is 36.6. The molecule has 0 aromatic heterocycles. The molecule has 2 nitrogen and oxygen atoms in total. The van der Waals surface area contributed by atoms with Crippen LogP contribution in [-0.2, 0) is 4.79 Å². The zero-order valence-corrected chi connectivity index (χ0v) is 22.8. The van der Waals surface area contributed by atoms with Gasteiger partial charge in [0.25, 0.3) is 0 Å². The molecule has 1 atom stereocenters. The van der Waals surface area contributed by atoms with E-state index in [1.807, 2.05) is 0 Å². The average molecular weight is 465 g/mol. The molecule has 0 amide bonds. The third-order valence-electron chi connectivity index (χ3n) is 7.07. The van der Waals surface area contributed by atoms with Crippen molar-refractivity contribution >= 4 is 5.97 Å². The minimum absolute atomic E-state index is 0.105. The molecule has 33 heavy (non-hydrogen) atoms. The quantitative estimate of drug-likeness (QED) is 0.0969. The highest BCUT2D eigenvalue weighted by Crippen LogP contribution is 2.20. The minimum Gasteiger partial charge on any atom is -0.481 e. The first-order valence-electron chi connectivity index (χ1n) is 15.1. The molecule has 0 bridgehead atoms. The molecule has 0 aromatic rings. The molecule has 0 radical (unpaired) electrons. The maximum Gasteiger partial charge on any atom is 0.306 e. The van der Waals surface area contributed by atoms with Gasteiger partial charge in [0.05, 0.1) is 5.92 Å². The lowest BCUT2D eigenvalue weighted by Crippen LogP contribution is -2.13. The summed E-state index contributed by atoms with van der Waals surface area (Å²) in [5.41, 5.74) is 0. The number of hydrogen-bond acceptors (Lipinski definition) is 1. The summed E-state index contributed by atoms with van der Waals surface area (Å²) in [5.74, 6) is -0.673. The van der Waals surface area contributed by atoms with Crippen LogP contribution >= 0.6 is 0 Å². The first-order valence-corrected chi connectivity index (χ1v) is 15.1. The van der Waals surface area contributed by atoms with Gasteiger partial charge in [0, 0.05) is 0 Å². The van der Waals surface area contributed by atoms with E-state index in [1.54, 1.807) is 0 Å². The topological polar surface area (TPSA) is 37.3 Å². The second kappa shape index (κ2) is 27.5. The summed E-state index contributed by atoms with van der Waals surface area (Å²) in [7, 11) is 0. The van der Waals surface area contributed by atoms with Gasteiger partial charge in [0.15, 0.2) is 0 Å². The lowest BCUT2D eigenvalue weighted by molar-refractivity contribution is -0.142. The van der Waals surface area contributed by atoms with Gasteiger partial charge in [-0.2, -0.15) is 0 Å². The lowest BCUT2D eigenvalue weighted by atomic mass is 9.94. The van der Waals surface area contributed by atoms with E-state index in [9.17, 15) is 9.90 Å². The van der Waals surface area contributed by atoms with Crippen molar-refractivity contribution < 1.29 is 9.90 Å². The minimum atomic E-state index is -0.567. The molecule has 0 rings (SSSR count). The van der Waals surface area contributed by atoms with E-state index in [4.69, 9.17) is 0 Å². The maximum absolute atomic E-state index is 11.6. The third-order valence-corrected chi connectivity index (χ3v) is 7.07. The van der Waals surface area contributed by atoms with Crippen LogP contribution in [0.1, 0.15) is 174 Å². The normalized spacial score (nSPS) is 12.5. The van der Waals surface area contributed by atoms with Crippen LogP contribution in [0.15, 0.2) is 12.2 Å². The fraction of sp³-hybridized carbons (Fsp3) is 0.903. The second-order valence-electron chi connectivity index (χ2n) is 10.4. The SMILES string of the molecule is CCCCCCCC/C=C\CCCCCCCCC(CCCCCCCCCCC)C(=O)O. The third kappa shape index (κ3) is 25.7. The Hall–Kier alpha value is -0.790. The summed E-state index contributed by atoms with van der Waals surface area (Å²) < 4.78 is 0. The van der Waals surface area contributed by atoms with Crippen molar-refractivity contribution in [2.45, 2.75) is 174 Å². The Morgan fingerprint density at radius 3 is 1.15 bits per heavy atom. The van der Waals surface area contributed by atoms with Gasteiger partial charge in [-0.1, -0.05) is 148 Å². The predicted octanol–water partition coefficient (Wildman–Crippen LogP) is 11.0. The van der Waals surface area contributed by atoms with Gasteiger partial charge < -0.3 is 5.11 Å². The maximum atomic E-state index is 11.6. The van der Waals surface area contributed by atoms with Crippen molar-refractivity contribution in [3.05, 3.63) is 12.2 Å². The predicted molar refractivity (Wildman–Crippen MR) is 147 cm³/mol. The van der Waals surface area contributed by atoms with Crippen molar-refractivity contribution in [3.63, 3.8) is 0 Å². The molecule has 2 heteroatoms. The van der Waals surface area contributed by atoms with Crippen molar-refractivity contribution in [2.75, 3.05) is 0 Å². The highest BCUT2D eigenvalue weighted by Gasteiger charge is 2.16. The van der Waals surface area contributed by atoms with Crippen LogP contribution in [0, 0.1) is 5.92 Å². The van der Waals surface area contributed by atoms with Crippen LogP contribution in [0.3, 0.4) is 0 Å². The Bertz CT molecular complexity index is 415. The molecular weight excluding hydrogens is 404 g/mol. The summed E-state index contributed by atoms with van der Waals surface area (Å²) >= 11 is 0. The number of hydrogen-bond donors (Lipinski definition) is 1. The molecule has 1 unspecified atom stereocenters. The van der Waals surface area contributed by atoms with Crippen LogP contribution in [0.25, 0.3) is 0 Å². The van der Waals surface area contributed by atoms with Crippen LogP contribution in [0.2, 0.25) is 0 Å². The Kier molecular flexibility index (Phi) is 26.8. The van der Waals surface area contributed by atoms with Gasteiger partial charge in [-0.05, 0) is 38.5 Å². The number of allylic oxidation sites excluding steroid dienone is 2. The first-order chi connectivity index (χ1) is 16.2. The van der Waals surface area contributed by atoms with Gasteiger partial charge in [-0.25, -0.2) is 0 Å². The van der Waals surface area contributed by atoms with Gasteiger partial charge >= 0.3 is 5.97 Å². The van der Waals surface area contributed by atoms with Crippen LogP contribution < -0.4 is 0 Å². The first kappa shape index (κ1) is 32.2. The zero-order valence-electron chi connectivity index (χ0n) is 22.8. The fourth-order valence-electron chi connectivity index (χ4n) is 4.73. The Labute approximate surface area is 208 Å². The van der Waals surface area contributed by atoms with E-state index >= 15 is 0 Å². The van der Waals surface area contributed by atoms with Gasteiger partial charge in [0.2, 0.25) is 0 Å². The van der Waals surface area contributed by atoms with E-state index in [-0.39, 0.29) is 5.92 Å². The van der Waals surface area contributed by atoms with E-state index in [0.717, 1.165) is 25.7 Å². The summed E-state index contributed by atoms with van der Waals surface area (Å²) in [5, 5.41) is 9.52. The molecule has 0 aliphatic carbocycles. The molecule has 0 saturated heterocycles. The van der Waals surface area contributed by atoms with Gasteiger partial charge in [-0.15, -0.1) is 0 Å². The van der Waals surface area contributed by atoms with E-state index in [0.29, 0.717) is 0 Å². The van der Waals surface area contributed by atoms with E-state index in [1.165, 1.54) is 135 Å². The Morgan fingerprint density at radius 1 is 0.515 bits per heavy atom. The molecule has 196 valence electrons. The molecule has 0 aromatic carbocycles. The van der Waals surface area contributed by atoms with Crippen molar-refractivity contribution in [3.8, 4) is 0 Å². The molecule has 0 aliphatic rings. The number of carbonyl (C=O) groups is 1.